The summed E-state index contributed by atoms with van der Waals surface area (Å²) in [6.07, 6.45) is 5.01. The summed E-state index contributed by atoms with van der Waals surface area (Å²) >= 11 is 0. The van der Waals surface area contributed by atoms with Crippen LogP contribution in [-0.4, -0.2) is 36.5 Å². The number of fused-ring (bicyclic) bond motifs is 3. The van der Waals surface area contributed by atoms with Crippen LogP contribution in [0.25, 0.3) is 28.1 Å². The minimum atomic E-state index is 0.684. The molecule has 3 aromatic heterocycles. The maximum Gasteiger partial charge on any atom is 0.186 e. The Hall–Kier alpha value is -2.96. The van der Waals surface area contributed by atoms with Gasteiger partial charge in [0, 0.05) is 24.7 Å². The van der Waals surface area contributed by atoms with E-state index in [-0.39, 0.29) is 0 Å². The average Bonchev–Trinajstić information content (AvgIpc) is 3.30. The van der Waals surface area contributed by atoms with Crippen LogP contribution in [0.4, 0.5) is 0 Å². The number of nitrogens with zero attached hydrogens (tertiary/aromatic N) is 6. The molecule has 7 nitrogen and oxygen atoms in total. The number of hydrogen-bond donors (Lipinski definition) is 0. The Bertz CT molecular complexity index is 1050. The number of ether oxygens (including phenoxy) is 1. The minimum absolute atomic E-state index is 0.684. The third kappa shape index (κ3) is 2.79. The van der Waals surface area contributed by atoms with Gasteiger partial charge in [0.25, 0.3) is 0 Å². The Labute approximate surface area is 151 Å². The van der Waals surface area contributed by atoms with E-state index in [2.05, 4.69) is 18.9 Å². The third-order valence-electron chi connectivity index (χ3n) is 4.50. The molecule has 0 amide bonds. The topological polar surface area (TPSA) is 70.1 Å². The second-order valence-corrected chi connectivity index (χ2v) is 6.25. The lowest BCUT2D eigenvalue weighted by atomic mass is 10.2. The first kappa shape index (κ1) is 16.5. The zero-order valence-corrected chi connectivity index (χ0v) is 15.3. The quantitative estimate of drug-likeness (QED) is 0.532. The van der Waals surface area contributed by atoms with Crippen LogP contribution in [0.5, 0.6) is 5.75 Å². The summed E-state index contributed by atoms with van der Waals surface area (Å²) in [5.41, 5.74) is 2.50. The number of hydrogen-bond acceptors (Lipinski definition) is 5. The lowest BCUT2D eigenvalue weighted by Crippen LogP contribution is -2.03. The second kappa shape index (κ2) is 6.74. The molecule has 0 aliphatic carbocycles. The number of aryl methyl sites for hydroxylation is 2. The van der Waals surface area contributed by atoms with Gasteiger partial charge in [-0.25, -0.2) is 9.97 Å². The number of rotatable bonds is 6. The molecule has 3 heterocycles. The van der Waals surface area contributed by atoms with Crippen molar-refractivity contribution in [2.24, 2.45) is 0 Å². The van der Waals surface area contributed by atoms with Crippen molar-refractivity contribution < 1.29 is 4.74 Å². The number of methoxy groups -OCH3 is 1. The standard InChI is InChI=1S/C19H22N6O/c1-4-6-7-16-20-18-15(12-24(5-2)22-18)19-21-17(23-25(16)19)13-8-10-14(26-3)11-9-13/h8-12H,4-7H2,1-3H3. The lowest BCUT2D eigenvalue weighted by Gasteiger charge is -2.02. The van der Waals surface area contributed by atoms with Crippen molar-refractivity contribution in [2.75, 3.05) is 7.11 Å². The largest absolute Gasteiger partial charge is 0.497 e. The smallest absolute Gasteiger partial charge is 0.186 e. The lowest BCUT2D eigenvalue weighted by molar-refractivity contribution is 0.415. The van der Waals surface area contributed by atoms with Crippen molar-refractivity contribution >= 4 is 16.7 Å². The van der Waals surface area contributed by atoms with E-state index >= 15 is 0 Å². The van der Waals surface area contributed by atoms with E-state index in [0.717, 1.165) is 59.6 Å². The Morgan fingerprint density at radius 2 is 1.85 bits per heavy atom. The van der Waals surface area contributed by atoms with Crippen molar-refractivity contribution in [2.45, 2.75) is 39.7 Å². The molecule has 1 aromatic carbocycles. The molecular formula is C19H22N6O. The Morgan fingerprint density at radius 1 is 1.04 bits per heavy atom. The van der Waals surface area contributed by atoms with Gasteiger partial charge < -0.3 is 4.74 Å². The SMILES string of the molecule is CCCCc1nc2nn(CC)cc2c2nc(-c3ccc(OC)cc3)nn12. The molecule has 134 valence electrons. The van der Waals surface area contributed by atoms with Crippen LogP contribution < -0.4 is 4.74 Å². The van der Waals surface area contributed by atoms with E-state index in [1.54, 1.807) is 7.11 Å². The molecule has 0 saturated carbocycles. The average molecular weight is 350 g/mol. The highest BCUT2D eigenvalue weighted by Gasteiger charge is 2.16. The summed E-state index contributed by atoms with van der Waals surface area (Å²) in [5.74, 6) is 2.40. The van der Waals surface area contributed by atoms with Crippen LogP contribution in [0.15, 0.2) is 30.5 Å². The summed E-state index contributed by atoms with van der Waals surface area (Å²) in [6.45, 7) is 5.03. The highest BCUT2D eigenvalue weighted by atomic mass is 16.5. The van der Waals surface area contributed by atoms with Gasteiger partial charge in [-0.3, -0.25) is 4.68 Å². The van der Waals surface area contributed by atoms with Gasteiger partial charge in [0.05, 0.1) is 12.5 Å². The van der Waals surface area contributed by atoms with Gasteiger partial charge in [-0.1, -0.05) is 13.3 Å². The maximum absolute atomic E-state index is 5.23. The monoisotopic (exact) mass is 350 g/mol. The molecule has 7 heteroatoms. The molecule has 0 aliphatic heterocycles. The molecule has 0 aliphatic rings. The number of aromatic nitrogens is 6. The molecule has 0 atom stereocenters. The first-order chi connectivity index (χ1) is 12.7. The Kier molecular flexibility index (Phi) is 4.28. The third-order valence-corrected chi connectivity index (χ3v) is 4.50. The number of unbranched alkanes of at least 4 members (excludes halogenated alkanes) is 1. The molecule has 4 rings (SSSR count). The molecule has 0 N–H and O–H groups in total. The fourth-order valence-electron chi connectivity index (χ4n) is 3.01. The van der Waals surface area contributed by atoms with Crippen LogP contribution in [-0.2, 0) is 13.0 Å². The first-order valence-electron chi connectivity index (χ1n) is 9.00. The molecule has 0 saturated heterocycles. The summed E-state index contributed by atoms with van der Waals surface area (Å²) in [5, 5.41) is 10.2. The van der Waals surface area contributed by atoms with Crippen molar-refractivity contribution in [1.29, 1.82) is 0 Å². The zero-order chi connectivity index (χ0) is 18.1. The van der Waals surface area contributed by atoms with Gasteiger partial charge in [-0.2, -0.15) is 9.61 Å². The van der Waals surface area contributed by atoms with Crippen LogP contribution in [0, 0.1) is 0 Å². The fraction of sp³-hybridized carbons (Fsp3) is 0.368. The summed E-state index contributed by atoms with van der Waals surface area (Å²) in [7, 11) is 1.66. The molecule has 0 radical (unpaired) electrons. The van der Waals surface area contributed by atoms with Crippen LogP contribution in [0.2, 0.25) is 0 Å². The van der Waals surface area contributed by atoms with Gasteiger partial charge >= 0.3 is 0 Å². The fourth-order valence-corrected chi connectivity index (χ4v) is 3.01. The zero-order valence-electron chi connectivity index (χ0n) is 15.3. The van der Waals surface area contributed by atoms with Gasteiger partial charge in [0.15, 0.2) is 17.1 Å². The predicted octanol–water partition coefficient (Wildman–Crippen LogP) is 3.51. The molecule has 0 spiro atoms. The summed E-state index contributed by atoms with van der Waals surface area (Å²) in [6, 6.07) is 7.78. The Balaban J connectivity index is 1.90. The van der Waals surface area contributed by atoms with Crippen LogP contribution >= 0.6 is 0 Å². The number of benzene rings is 1. The van der Waals surface area contributed by atoms with Crippen LogP contribution in [0.3, 0.4) is 0 Å². The van der Waals surface area contributed by atoms with E-state index in [9.17, 15) is 0 Å². The molecular weight excluding hydrogens is 328 g/mol. The van der Waals surface area contributed by atoms with E-state index in [1.807, 2.05) is 39.7 Å². The molecule has 0 fully saturated rings. The molecule has 4 aromatic rings. The molecule has 0 bridgehead atoms. The van der Waals surface area contributed by atoms with Gasteiger partial charge in [0.2, 0.25) is 0 Å². The van der Waals surface area contributed by atoms with E-state index in [4.69, 9.17) is 19.8 Å². The minimum Gasteiger partial charge on any atom is -0.497 e. The highest BCUT2D eigenvalue weighted by molar-refractivity contribution is 5.89. The molecule has 26 heavy (non-hydrogen) atoms. The first-order valence-corrected chi connectivity index (χ1v) is 9.00. The highest BCUT2D eigenvalue weighted by Crippen LogP contribution is 2.24. The van der Waals surface area contributed by atoms with Gasteiger partial charge in [-0.15, -0.1) is 5.10 Å². The van der Waals surface area contributed by atoms with Crippen molar-refractivity contribution in [3.05, 3.63) is 36.3 Å². The predicted molar refractivity (Wildman–Crippen MR) is 100 cm³/mol. The summed E-state index contributed by atoms with van der Waals surface area (Å²) in [4.78, 5) is 9.55. The van der Waals surface area contributed by atoms with Crippen molar-refractivity contribution in [3.63, 3.8) is 0 Å². The normalized spacial score (nSPS) is 11.5. The van der Waals surface area contributed by atoms with Crippen molar-refractivity contribution in [1.82, 2.24) is 29.4 Å². The van der Waals surface area contributed by atoms with E-state index < -0.39 is 0 Å². The van der Waals surface area contributed by atoms with E-state index in [0.29, 0.717) is 5.82 Å². The van der Waals surface area contributed by atoms with Crippen LogP contribution in [0.1, 0.15) is 32.5 Å². The second-order valence-electron chi connectivity index (χ2n) is 6.25. The molecule has 0 unspecified atom stereocenters. The summed E-state index contributed by atoms with van der Waals surface area (Å²) < 4.78 is 9.00. The van der Waals surface area contributed by atoms with Gasteiger partial charge in [-0.05, 0) is 37.6 Å². The van der Waals surface area contributed by atoms with Crippen molar-refractivity contribution in [3.8, 4) is 17.1 Å². The van der Waals surface area contributed by atoms with Gasteiger partial charge in [0.1, 0.15) is 11.6 Å². The Morgan fingerprint density at radius 3 is 2.54 bits per heavy atom. The maximum atomic E-state index is 5.23. The van der Waals surface area contributed by atoms with E-state index in [1.165, 1.54) is 0 Å².